The molecule has 1 rings (SSSR count). The van der Waals surface area contributed by atoms with Gasteiger partial charge in [-0.15, -0.1) is 0 Å². The molecule has 0 heterocycles. The average molecular weight is 249 g/mol. The SMILES string of the molecule is CCCOc1ccc(C(C)CNC(C)(C)C)cc1. The van der Waals surface area contributed by atoms with Crippen molar-refractivity contribution < 1.29 is 4.74 Å². The Morgan fingerprint density at radius 1 is 1.17 bits per heavy atom. The van der Waals surface area contributed by atoms with Gasteiger partial charge >= 0.3 is 0 Å². The van der Waals surface area contributed by atoms with Gasteiger partial charge in [0.15, 0.2) is 0 Å². The third kappa shape index (κ3) is 5.54. The van der Waals surface area contributed by atoms with Gasteiger partial charge in [0.05, 0.1) is 6.61 Å². The average Bonchev–Trinajstić information content (AvgIpc) is 2.33. The smallest absolute Gasteiger partial charge is 0.119 e. The largest absolute Gasteiger partial charge is 0.494 e. The van der Waals surface area contributed by atoms with E-state index in [2.05, 4.69) is 64.2 Å². The molecule has 1 unspecified atom stereocenters. The highest BCUT2D eigenvalue weighted by Crippen LogP contribution is 2.19. The van der Waals surface area contributed by atoms with Crippen LogP contribution in [0.15, 0.2) is 24.3 Å². The van der Waals surface area contributed by atoms with Gasteiger partial charge < -0.3 is 10.1 Å². The molecule has 0 aliphatic rings. The molecule has 1 atom stereocenters. The van der Waals surface area contributed by atoms with Crippen LogP contribution in [0.1, 0.15) is 52.5 Å². The highest BCUT2D eigenvalue weighted by molar-refractivity contribution is 5.29. The summed E-state index contributed by atoms with van der Waals surface area (Å²) in [5.41, 5.74) is 1.54. The number of benzene rings is 1. The molecule has 0 radical (unpaired) electrons. The fraction of sp³-hybridized carbons (Fsp3) is 0.625. The van der Waals surface area contributed by atoms with Crippen LogP contribution >= 0.6 is 0 Å². The molecule has 1 aromatic rings. The van der Waals surface area contributed by atoms with E-state index in [1.807, 2.05) is 0 Å². The van der Waals surface area contributed by atoms with Crippen molar-refractivity contribution in [3.8, 4) is 5.75 Å². The first-order chi connectivity index (χ1) is 8.42. The lowest BCUT2D eigenvalue weighted by atomic mass is 9.99. The van der Waals surface area contributed by atoms with Crippen LogP contribution in [0.5, 0.6) is 5.75 Å². The van der Waals surface area contributed by atoms with Crippen molar-refractivity contribution in [1.82, 2.24) is 5.32 Å². The number of ether oxygens (including phenoxy) is 1. The summed E-state index contributed by atoms with van der Waals surface area (Å²) in [7, 11) is 0. The second kappa shape index (κ2) is 6.79. The molecule has 0 aliphatic heterocycles. The Morgan fingerprint density at radius 2 is 1.78 bits per heavy atom. The van der Waals surface area contributed by atoms with E-state index >= 15 is 0 Å². The zero-order valence-electron chi connectivity index (χ0n) is 12.4. The Balaban J connectivity index is 2.51. The molecular formula is C16H27NO. The molecule has 0 bridgehead atoms. The van der Waals surface area contributed by atoms with Crippen molar-refractivity contribution >= 4 is 0 Å². The van der Waals surface area contributed by atoms with E-state index in [4.69, 9.17) is 4.74 Å². The molecule has 0 aliphatic carbocycles. The van der Waals surface area contributed by atoms with Crippen LogP contribution in [0.3, 0.4) is 0 Å². The maximum Gasteiger partial charge on any atom is 0.119 e. The van der Waals surface area contributed by atoms with E-state index in [-0.39, 0.29) is 5.54 Å². The normalized spacial score (nSPS) is 13.4. The number of nitrogens with one attached hydrogen (secondary N) is 1. The predicted octanol–water partition coefficient (Wildman–Crippen LogP) is 3.97. The van der Waals surface area contributed by atoms with E-state index in [1.165, 1.54) is 5.56 Å². The molecule has 0 saturated carbocycles. The van der Waals surface area contributed by atoms with Crippen LogP contribution in [0.25, 0.3) is 0 Å². The summed E-state index contributed by atoms with van der Waals surface area (Å²) in [6.07, 6.45) is 1.05. The molecule has 0 fully saturated rings. The molecule has 1 N–H and O–H groups in total. The van der Waals surface area contributed by atoms with E-state index in [0.717, 1.165) is 25.3 Å². The Kier molecular flexibility index (Phi) is 5.67. The molecule has 1 aromatic carbocycles. The van der Waals surface area contributed by atoms with E-state index in [1.54, 1.807) is 0 Å². The summed E-state index contributed by atoms with van der Waals surface area (Å²) in [6, 6.07) is 8.47. The van der Waals surface area contributed by atoms with Gasteiger partial charge in [0.25, 0.3) is 0 Å². The molecule has 2 heteroatoms. The summed E-state index contributed by atoms with van der Waals surface area (Å²) in [5, 5.41) is 3.54. The Bertz CT molecular complexity index is 337. The maximum atomic E-state index is 5.59. The van der Waals surface area contributed by atoms with Crippen molar-refractivity contribution in [2.24, 2.45) is 0 Å². The molecule has 18 heavy (non-hydrogen) atoms. The molecule has 2 nitrogen and oxygen atoms in total. The number of hydrogen-bond donors (Lipinski definition) is 1. The zero-order chi connectivity index (χ0) is 13.6. The summed E-state index contributed by atoms with van der Waals surface area (Å²) in [4.78, 5) is 0. The van der Waals surface area contributed by atoms with Crippen LogP contribution < -0.4 is 10.1 Å². The van der Waals surface area contributed by atoms with Gasteiger partial charge in [0, 0.05) is 12.1 Å². The van der Waals surface area contributed by atoms with Crippen LogP contribution in [-0.2, 0) is 0 Å². The topological polar surface area (TPSA) is 21.3 Å². The first kappa shape index (κ1) is 15.0. The highest BCUT2D eigenvalue weighted by Gasteiger charge is 2.12. The molecule has 0 aromatic heterocycles. The second-order valence-electron chi connectivity index (χ2n) is 5.95. The minimum Gasteiger partial charge on any atom is -0.494 e. The lowest BCUT2D eigenvalue weighted by Crippen LogP contribution is -2.38. The summed E-state index contributed by atoms with van der Waals surface area (Å²) in [5.74, 6) is 1.49. The first-order valence-corrected chi connectivity index (χ1v) is 6.90. The van der Waals surface area contributed by atoms with Gasteiger partial charge in [0.1, 0.15) is 5.75 Å². The maximum absolute atomic E-state index is 5.59. The zero-order valence-corrected chi connectivity index (χ0v) is 12.4. The van der Waals surface area contributed by atoms with Gasteiger partial charge in [-0.2, -0.15) is 0 Å². The molecular weight excluding hydrogens is 222 g/mol. The van der Waals surface area contributed by atoms with E-state index in [0.29, 0.717) is 5.92 Å². The minimum atomic E-state index is 0.179. The van der Waals surface area contributed by atoms with Crippen LogP contribution in [0.4, 0.5) is 0 Å². The molecule has 102 valence electrons. The predicted molar refractivity (Wildman–Crippen MR) is 78.4 cm³/mol. The fourth-order valence-corrected chi connectivity index (χ4v) is 1.69. The summed E-state index contributed by atoms with van der Waals surface area (Å²) >= 11 is 0. The summed E-state index contributed by atoms with van der Waals surface area (Å²) in [6.45, 7) is 12.7. The van der Waals surface area contributed by atoms with Gasteiger partial charge in [0.2, 0.25) is 0 Å². The minimum absolute atomic E-state index is 0.179. The van der Waals surface area contributed by atoms with Crippen molar-refractivity contribution in [1.29, 1.82) is 0 Å². The second-order valence-corrected chi connectivity index (χ2v) is 5.95. The quantitative estimate of drug-likeness (QED) is 0.823. The lowest BCUT2D eigenvalue weighted by Gasteiger charge is -2.23. The van der Waals surface area contributed by atoms with E-state index < -0.39 is 0 Å². The number of rotatable bonds is 6. The van der Waals surface area contributed by atoms with Gasteiger partial charge in [-0.05, 0) is 50.8 Å². The third-order valence-corrected chi connectivity index (χ3v) is 2.86. The molecule has 0 amide bonds. The van der Waals surface area contributed by atoms with Crippen molar-refractivity contribution in [3.05, 3.63) is 29.8 Å². The van der Waals surface area contributed by atoms with Crippen LogP contribution in [-0.4, -0.2) is 18.7 Å². The van der Waals surface area contributed by atoms with Crippen LogP contribution in [0.2, 0.25) is 0 Å². The lowest BCUT2D eigenvalue weighted by molar-refractivity contribution is 0.317. The van der Waals surface area contributed by atoms with Crippen molar-refractivity contribution in [2.75, 3.05) is 13.2 Å². The van der Waals surface area contributed by atoms with Gasteiger partial charge in [-0.3, -0.25) is 0 Å². The standard InChI is InChI=1S/C16H27NO/c1-6-11-18-15-9-7-14(8-10-15)13(2)12-17-16(3,4)5/h7-10,13,17H,6,11-12H2,1-5H3. The Hall–Kier alpha value is -1.02. The third-order valence-electron chi connectivity index (χ3n) is 2.86. The fourth-order valence-electron chi connectivity index (χ4n) is 1.69. The number of hydrogen-bond acceptors (Lipinski definition) is 2. The van der Waals surface area contributed by atoms with Crippen molar-refractivity contribution in [3.63, 3.8) is 0 Å². The van der Waals surface area contributed by atoms with Gasteiger partial charge in [-0.25, -0.2) is 0 Å². The van der Waals surface area contributed by atoms with Gasteiger partial charge in [-0.1, -0.05) is 26.0 Å². The monoisotopic (exact) mass is 249 g/mol. The first-order valence-electron chi connectivity index (χ1n) is 6.90. The van der Waals surface area contributed by atoms with E-state index in [9.17, 15) is 0 Å². The molecule has 0 saturated heterocycles. The molecule has 0 spiro atoms. The Morgan fingerprint density at radius 3 is 2.28 bits per heavy atom. The van der Waals surface area contributed by atoms with Crippen molar-refractivity contribution in [2.45, 2.75) is 52.5 Å². The van der Waals surface area contributed by atoms with Crippen LogP contribution in [0, 0.1) is 0 Å². The summed E-state index contributed by atoms with van der Waals surface area (Å²) < 4.78 is 5.59. The Labute approximate surface area is 112 Å². The highest BCUT2D eigenvalue weighted by atomic mass is 16.5.